The number of carbonyl (C=O) groups is 1. The molecule has 0 N–H and O–H groups in total. The van der Waals surface area contributed by atoms with Gasteiger partial charge in [-0.2, -0.15) is 0 Å². The van der Waals surface area contributed by atoms with Crippen LogP contribution in [0.3, 0.4) is 0 Å². The van der Waals surface area contributed by atoms with E-state index in [4.69, 9.17) is 11.6 Å². The summed E-state index contributed by atoms with van der Waals surface area (Å²) in [5, 5.41) is 8.60. The largest absolute Gasteiger partial charge is 0.340 e. The SMILES string of the molecule is O=C(Cc1ccccc1Cl)N1CCc2nncn2CC1. The van der Waals surface area contributed by atoms with Crippen LogP contribution in [0, 0.1) is 0 Å². The minimum atomic E-state index is 0.108. The molecule has 3 rings (SSSR count). The summed E-state index contributed by atoms with van der Waals surface area (Å²) in [6, 6.07) is 7.48. The van der Waals surface area contributed by atoms with Gasteiger partial charge in [0.15, 0.2) is 0 Å². The molecule has 0 fully saturated rings. The Morgan fingerprint density at radius 2 is 2.10 bits per heavy atom. The Bertz CT molecular complexity index is 603. The Hall–Kier alpha value is -1.88. The van der Waals surface area contributed by atoms with Crippen LogP contribution in [0.4, 0.5) is 0 Å². The molecule has 0 radical (unpaired) electrons. The molecule has 1 aromatic heterocycles. The molecule has 1 amide bonds. The summed E-state index contributed by atoms with van der Waals surface area (Å²) in [6.07, 6.45) is 2.81. The molecule has 1 aromatic carbocycles. The van der Waals surface area contributed by atoms with E-state index in [2.05, 4.69) is 10.2 Å². The van der Waals surface area contributed by atoms with Crippen molar-refractivity contribution >= 4 is 17.5 Å². The van der Waals surface area contributed by atoms with E-state index < -0.39 is 0 Å². The van der Waals surface area contributed by atoms with E-state index in [-0.39, 0.29) is 5.91 Å². The van der Waals surface area contributed by atoms with E-state index in [1.54, 1.807) is 6.33 Å². The van der Waals surface area contributed by atoms with Crippen molar-refractivity contribution in [2.75, 3.05) is 13.1 Å². The second-order valence-corrected chi connectivity index (χ2v) is 5.25. The lowest BCUT2D eigenvalue weighted by atomic mass is 10.1. The third-order valence-electron chi connectivity index (χ3n) is 3.56. The van der Waals surface area contributed by atoms with Crippen molar-refractivity contribution in [3.8, 4) is 0 Å². The number of benzene rings is 1. The molecule has 5 nitrogen and oxygen atoms in total. The van der Waals surface area contributed by atoms with Gasteiger partial charge in [-0.15, -0.1) is 10.2 Å². The first-order valence-electron chi connectivity index (χ1n) is 6.62. The molecule has 20 heavy (non-hydrogen) atoms. The highest BCUT2D eigenvalue weighted by Gasteiger charge is 2.19. The lowest BCUT2D eigenvalue weighted by Gasteiger charge is -2.20. The van der Waals surface area contributed by atoms with Gasteiger partial charge in [-0.3, -0.25) is 4.79 Å². The number of nitrogens with zero attached hydrogens (tertiary/aromatic N) is 4. The smallest absolute Gasteiger partial charge is 0.227 e. The number of rotatable bonds is 2. The highest BCUT2D eigenvalue weighted by atomic mass is 35.5. The second-order valence-electron chi connectivity index (χ2n) is 4.84. The Morgan fingerprint density at radius 3 is 2.95 bits per heavy atom. The van der Waals surface area contributed by atoms with Crippen LogP contribution in [0.15, 0.2) is 30.6 Å². The summed E-state index contributed by atoms with van der Waals surface area (Å²) in [6.45, 7) is 2.12. The van der Waals surface area contributed by atoms with Crippen molar-refractivity contribution in [3.05, 3.63) is 47.0 Å². The second kappa shape index (κ2) is 5.63. The van der Waals surface area contributed by atoms with Crippen LogP contribution < -0.4 is 0 Å². The number of hydrogen-bond donors (Lipinski definition) is 0. The number of halogens is 1. The van der Waals surface area contributed by atoms with Crippen molar-refractivity contribution < 1.29 is 4.79 Å². The summed E-state index contributed by atoms with van der Waals surface area (Å²) in [5.74, 6) is 1.05. The van der Waals surface area contributed by atoms with Crippen LogP contribution in [0.25, 0.3) is 0 Å². The van der Waals surface area contributed by atoms with Gasteiger partial charge in [0.2, 0.25) is 5.91 Å². The van der Waals surface area contributed by atoms with E-state index in [0.29, 0.717) is 24.5 Å². The third-order valence-corrected chi connectivity index (χ3v) is 3.93. The maximum absolute atomic E-state index is 12.4. The van der Waals surface area contributed by atoms with Gasteiger partial charge in [0, 0.05) is 31.1 Å². The fourth-order valence-electron chi connectivity index (χ4n) is 2.40. The standard InChI is InChI=1S/C14H15ClN4O/c15-12-4-2-1-3-11(12)9-14(20)18-6-5-13-17-16-10-19(13)8-7-18/h1-4,10H,5-9H2. The van der Waals surface area contributed by atoms with E-state index in [0.717, 1.165) is 24.4 Å². The molecule has 0 bridgehead atoms. The van der Waals surface area contributed by atoms with E-state index in [1.807, 2.05) is 33.7 Å². The molecule has 0 spiro atoms. The van der Waals surface area contributed by atoms with Crippen LogP contribution >= 0.6 is 11.6 Å². The zero-order valence-electron chi connectivity index (χ0n) is 11.0. The minimum absolute atomic E-state index is 0.108. The van der Waals surface area contributed by atoms with Gasteiger partial charge in [0.25, 0.3) is 0 Å². The molecular weight excluding hydrogens is 276 g/mol. The Balaban J connectivity index is 1.67. The van der Waals surface area contributed by atoms with E-state index >= 15 is 0 Å². The first kappa shape index (κ1) is 13.1. The third kappa shape index (κ3) is 2.67. The maximum atomic E-state index is 12.4. The fraction of sp³-hybridized carbons (Fsp3) is 0.357. The normalized spacial score (nSPS) is 14.8. The minimum Gasteiger partial charge on any atom is -0.340 e. The molecule has 0 aliphatic carbocycles. The van der Waals surface area contributed by atoms with Crippen molar-refractivity contribution in [2.24, 2.45) is 0 Å². The van der Waals surface area contributed by atoms with Gasteiger partial charge in [-0.1, -0.05) is 29.8 Å². The number of fused-ring (bicyclic) bond motifs is 1. The molecule has 0 saturated carbocycles. The summed E-state index contributed by atoms with van der Waals surface area (Å²) < 4.78 is 2.00. The van der Waals surface area contributed by atoms with E-state index in [9.17, 15) is 4.79 Å². The topological polar surface area (TPSA) is 51.0 Å². The lowest BCUT2D eigenvalue weighted by Crippen LogP contribution is -2.34. The van der Waals surface area contributed by atoms with Gasteiger partial charge in [-0.25, -0.2) is 0 Å². The molecule has 1 aliphatic rings. The molecule has 6 heteroatoms. The molecule has 0 unspecified atom stereocenters. The fourth-order valence-corrected chi connectivity index (χ4v) is 2.60. The van der Waals surface area contributed by atoms with Crippen LogP contribution in [-0.4, -0.2) is 38.7 Å². The number of amides is 1. The molecular formula is C14H15ClN4O. The Labute approximate surface area is 122 Å². The van der Waals surface area contributed by atoms with Gasteiger partial charge < -0.3 is 9.47 Å². The average molecular weight is 291 g/mol. The quantitative estimate of drug-likeness (QED) is 0.843. The zero-order chi connectivity index (χ0) is 13.9. The van der Waals surface area contributed by atoms with Gasteiger partial charge in [0.1, 0.15) is 12.2 Å². The molecule has 1 aliphatic heterocycles. The molecule has 104 valence electrons. The van der Waals surface area contributed by atoms with Crippen molar-refractivity contribution in [2.45, 2.75) is 19.4 Å². The summed E-state index contributed by atoms with van der Waals surface area (Å²) in [5.41, 5.74) is 0.878. The van der Waals surface area contributed by atoms with Crippen molar-refractivity contribution in [3.63, 3.8) is 0 Å². The molecule has 2 aromatic rings. The molecule has 0 saturated heterocycles. The predicted octanol–water partition coefficient (Wildman–Crippen LogP) is 1.56. The van der Waals surface area contributed by atoms with Crippen LogP contribution in [-0.2, 0) is 24.2 Å². The van der Waals surface area contributed by atoms with Crippen molar-refractivity contribution in [1.82, 2.24) is 19.7 Å². The zero-order valence-corrected chi connectivity index (χ0v) is 11.8. The Kier molecular flexibility index (Phi) is 3.69. The number of hydrogen-bond acceptors (Lipinski definition) is 3. The first-order valence-corrected chi connectivity index (χ1v) is 6.99. The van der Waals surface area contributed by atoms with Gasteiger partial charge in [-0.05, 0) is 11.6 Å². The summed E-state index contributed by atoms with van der Waals surface area (Å²) in [4.78, 5) is 14.2. The number of aromatic nitrogens is 3. The van der Waals surface area contributed by atoms with Crippen LogP contribution in [0.5, 0.6) is 0 Å². The predicted molar refractivity (Wildman–Crippen MR) is 75.5 cm³/mol. The Morgan fingerprint density at radius 1 is 1.25 bits per heavy atom. The monoisotopic (exact) mass is 290 g/mol. The van der Waals surface area contributed by atoms with Crippen molar-refractivity contribution in [1.29, 1.82) is 0 Å². The number of carbonyl (C=O) groups excluding carboxylic acids is 1. The first-order chi connectivity index (χ1) is 9.74. The van der Waals surface area contributed by atoms with Gasteiger partial charge >= 0.3 is 0 Å². The summed E-state index contributed by atoms with van der Waals surface area (Å²) >= 11 is 6.10. The molecule has 0 atom stereocenters. The van der Waals surface area contributed by atoms with E-state index in [1.165, 1.54) is 0 Å². The maximum Gasteiger partial charge on any atom is 0.227 e. The molecule has 2 heterocycles. The van der Waals surface area contributed by atoms with Crippen LogP contribution in [0.1, 0.15) is 11.4 Å². The van der Waals surface area contributed by atoms with Gasteiger partial charge in [0.05, 0.1) is 6.42 Å². The highest BCUT2D eigenvalue weighted by molar-refractivity contribution is 6.31. The highest BCUT2D eigenvalue weighted by Crippen LogP contribution is 2.17. The lowest BCUT2D eigenvalue weighted by molar-refractivity contribution is -0.130. The van der Waals surface area contributed by atoms with Crippen LogP contribution in [0.2, 0.25) is 5.02 Å². The summed E-state index contributed by atoms with van der Waals surface area (Å²) in [7, 11) is 0. The average Bonchev–Trinajstić information content (AvgIpc) is 2.80.